The molecule has 2 heterocycles. The maximum Gasteiger partial charge on any atom is 0.220 e. The Morgan fingerprint density at radius 3 is 2.59 bits per heavy atom. The van der Waals surface area contributed by atoms with Gasteiger partial charge in [0.05, 0.1) is 17.2 Å². The van der Waals surface area contributed by atoms with E-state index in [0.29, 0.717) is 11.9 Å². The highest BCUT2D eigenvalue weighted by molar-refractivity contribution is 5.80. The number of aromatic nitrogens is 3. The molecule has 0 bridgehead atoms. The predicted molar refractivity (Wildman–Crippen MR) is 70.9 cm³/mol. The van der Waals surface area contributed by atoms with Crippen LogP contribution in [0.4, 0.5) is 5.95 Å². The Kier molecular flexibility index (Phi) is 3.31. The van der Waals surface area contributed by atoms with Crippen molar-refractivity contribution in [3.05, 3.63) is 18.0 Å². The Labute approximate surface area is 102 Å². The van der Waals surface area contributed by atoms with Gasteiger partial charge in [-0.05, 0) is 31.2 Å². The molecule has 92 valence electrons. The summed E-state index contributed by atoms with van der Waals surface area (Å²) in [5.74, 6) is 0.915. The zero-order valence-corrected chi connectivity index (χ0v) is 10.8. The van der Waals surface area contributed by atoms with Gasteiger partial charge in [-0.2, -0.15) is 0 Å². The van der Waals surface area contributed by atoms with Gasteiger partial charge >= 0.3 is 0 Å². The number of hydrogen-bond donors (Lipinski definition) is 1. The first-order chi connectivity index (χ1) is 8.21. The molecule has 2 aromatic heterocycles. The van der Waals surface area contributed by atoms with Crippen molar-refractivity contribution in [1.82, 2.24) is 14.5 Å². The molecule has 2 aromatic rings. The normalized spacial score (nSPS) is 11.5. The van der Waals surface area contributed by atoms with E-state index >= 15 is 0 Å². The lowest BCUT2D eigenvalue weighted by Crippen LogP contribution is -1.98. The minimum Gasteiger partial charge on any atom is -0.368 e. The smallest absolute Gasteiger partial charge is 0.220 e. The van der Waals surface area contributed by atoms with Gasteiger partial charge in [-0.1, -0.05) is 13.8 Å². The molecule has 0 atom stereocenters. The van der Waals surface area contributed by atoms with Crippen LogP contribution in [0.5, 0.6) is 0 Å². The standard InChI is InChI=1S/C13H20N4/c1-4-9(5-2)10-8-17(6-3)11-7-15-13(14)16-12(10)11/h7-9H,4-6H2,1-3H3,(H2,14,15,16). The zero-order chi connectivity index (χ0) is 12.4. The summed E-state index contributed by atoms with van der Waals surface area (Å²) in [5.41, 5.74) is 9.11. The van der Waals surface area contributed by atoms with Gasteiger partial charge in [0.1, 0.15) is 0 Å². The number of nitrogen functional groups attached to an aromatic ring is 1. The molecule has 0 saturated carbocycles. The lowest BCUT2D eigenvalue weighted by atomic mass is 9.96. The van der Waals surface area contributed by atoms with E-state index in [1.165, 1.54) is 5.56 Å². The maximum absolute atomic E-state index is 5.70. The molecule has 0 saturated heterocycles. The Morgan fingerprint density at radius 2 is 2.00 bits per heavy atom. The molecule has 17 heavy (non-hydrogen) atoms. The summed E-state index contributed by atoms with van der Waals surface area (Å²) in [5, 5.41) is 0. The summed E-state index contributed by atoms with van der Waals surface area (Å²) in [6.45, 7) is 7.50. The molecule has 0 radical (unpaired) electrons. The molecule has 0 amide bonds. The SMILES string of the molecule is CCC(CC)c1cn(CC)c2cnc(N)nc12. The number of hydrogen-bond acceptors (Lipinski definition) is 3. The molecule has 2 rings (SSSR count). The monoisotopic (exact) mass is 232 g/mol. The number of rotatable bonds is 4. The van der Waals surface area contributed by atoms with Gasteiger partial charge in [0.15, 0.2) is 0 Å². The fourth-order valence-corrected chi connectivity index (χ4v) is 2.40. The van der Waals surface area contributed by atoms with Crippen LogP contribution in [0.2, 0.25) is 0 Å². The first-order valence-corrected chi connectivity index (χ1v) is 6.32. The van der Waals surface area contributed by atoms with Crippen molar-refractivity contribution in [2.75, 3.05) is 5.73 Å². The summed E-state index contributed by atoms with van der Waals surface area (Å²) in [6, 6.07) is 0. The van der Waals surface area contributed by atoms with E-state index in [2.05, 4.69) is 41.5 Å². The van der Waals surface area contributed by atoms with Gasteiger partial charge in [0.25, 0.3) is 0 Å². The lowest BCUT2D eigenvalue weighted by molar-refractivity contribution is 0.640. The molecule has 4 heteroatoms. The molecule has 0 unspecified atom stereocenters. The molecule has 4 nitrogen and oxygen atoms in total. The van der Waals surface area contributed by atoms with Crippen LogP contribution in [-0.2, 0) is 6.54 Å². The Morgan fingerprint density at radius 1 is 1.29 bits per heavy atom. The molecular weight excluding hydrogens is 212 g/mol. The van der Waals surface area contributed by atoms with Gasteiger partial charge in [-0.25, -0.2) is 9.97 Å². The third-order valence-corrected chi connectivity index (χ3v) is 3.43. The largest absolute Gasteiger partial charge is 0.368 e. The van der Waals surface area contributed by atoms with Crippen LogP contribution in [-0.4, -0.2) is 14.5 Å². The third kappa shape index (κ3) is 1.99. The molecule has 0 spiro atoms. The van der Waals surface area contributed by atoms with Crippen molar-refractivity contribution in [1.29, 1.82) is 0 Å². The fourth-order valence-electron chi connectivity index (χ4n) is 2.40. The van der Waals surface area contributed by atoms with E-state index in [1.54, 1.807) is 0 Å². The van der Waals surface area contributed by atoms with Crippen molar-refractivity contribution in [2.24, 2.45) is 0 Å². The number of fused-ring (bicyclic) bond motifs is 1. The maximum atomic E-state index is 5.70. The zero-order valence-electron chi connectivity index (χ0n) is 10.8. The number of anilines is 1. The first-order valence-electron chi connectivity index (χ1n) is 6.32. The van der Waals surface area contributed by atoms with E-state index < -0.39 is 0 Å². The molecular formula is C13H20N4. The Bertz CT molecular complexity index is 511. The molecule has 2 N–H and O–H groups in total. The van der Waals surface area contributed by atoms with Crippen molar-refractivity contribution in [3.8, 4) is 0 Å². The lowest BCUT2D eigenvalue weighted by Gasteiger charge is -2.10. The van der Waals surface area contributed by atoms with Crippen molar-refractivity contribution in [3.63, 3.8) is 0 Å². The average Bonchev–Trinajstić information content (AvgIpc) is 2.69. The topological polar surface area (TPSA) is 56.7 Å². The highest BCUT2D eigenvalue weighted by Crippen LogP contribution is 2.30. The summed E-state index contributed by atoms with van der Waals surface area (Å²) >= 11 is 0. The van der Waals surface area contributed by atoms with E-state index in [9.17, 15) is 0 Å². The van der Waals surface area contributed by atoms with Gasteiger partial charge in [0.2, 0.25) is 5.95 Å². The van der Waals surface area contributed by atoms with Gasteiger partial charge in [0, 0.05) is 12.7 Å². The molecule has 0 fully saturated rings. The van der Waals surface area contributed by atoms with Crippen LogP contribution in [0.15, 0.2) is 12.4 Å². The summed E-state index contributed by atoms with van der Waals surface area (Å²) in [6.07, 6.45) is 6.29. The van der Waals surface area contributed by atoms with Crippen LogP contribution in [0.3, 0.4) is 0 Å². The summed E-state index contributed by atoms with van der Waals surface area (Å²) < 4.78 is 2.20. The van der Waals surface area contributed by atoms with Crippen LogP contribution in [0.1, 0.15) is 45.1 Å². The highest BCUT2D eigenvalue weighted by atomic mass is 15.0. The fraction of sp³-hybridized carbons (Fsp3) is 0.538. The van der Waals surface area contributed by atoms with E-state index in [-0.39, 0.29) is 0 Å². The predicted octanol–water partition coefficient (Wildman–Crippen LogP) is 2.94. The van der Waals surface area contributed by atoms with Crippen LogP contribution < -0.4 is 5.73 Å². The van der Waals surface area contributed by atoms with Crippen molar-refractivity contribution in [2.45, 2.75) is 46.1 Å². The van der Waals surface area contributed by atoms with E-state index in [1.807, 2.05) is 6.20 Å². The number of aryl methyl sites for hydroxylation is 1. The highest BCUT2D eigenvalue weighted by Gasteiger charge is 2.16. The van der Waals surface area contributed by atoms with Gasteiger partial charge in [-0.15, -0.1) is 0 Å². The van der Waals surface area contributed by atoms with E-state index in [4.69, 9.17) is 5.73 Å². The Balaban J connectivity index is 2.65. The second kappa shape index (κ2) is 4.73. The molecule has 0 aliphatic rings. The molecule has 0 aliphatic heterocycles. The number of nitrogens with zero attached hydrogens (tertiary/aromatic N) is 3. The van der Waals surface area contributed by atoms with Gasteiger partial charge in [-0.3, -0.25) is 0 Å². The molecule has 0 aromatic carbocycles. The first kappa shape index (κ1) is 11.9. The Hall–Kier alpha value is -1.58. The van der Waals surface area contributed by atoms with Gasteiger partial charge < -0.3 is 10.3 Å². The third-order valence-electron chi connectivity index (χ3n) is 3.43. The van der Waals surface area contributed by atoms with Crippen molar-refractivity contribution >= 4 is 17.0 Å². The minimum atomic E-state index is 0.360. The quantitative estimate of drug-likeness (QED) is 0.881. The van der Waals surface area contributed by atoms with Crippen LogP contribution in [0, 0.1) is 0 Å². The second-order valence-electron chi connectivity index (χ2n) is 4.35. The summed E-state index contributed by atoms with van der Waals surface area (Å²) in [7, 11) is 0. The van der Waals surface area contributed by atoms with Crippen molar-refractivity contribution < 1.29 is 0 Å². The summed E-state index contributed by atoms with van der Waals surface area (Å²) in [4.78, 5) is 8.49. The van der Waals surface area contributed by atoms with Crippen LogP contribution >= 0.6 is 0 Å². The second-order valence-corrected chi connectivity index (χ2v) is 4.35. The van der Waals surface area contributed by atoms with Crippen LogP contribution in [0.25, 0.3) is 11.0 Å². The minimum absolute atomic E-state index is 0.360. The van der Waals surface area contributed by atoms with E-state index in [0.717, 1.165) is 30.4 Å². The average molecular weight is 232 g/mol. The molecule has 0 aliphatic carbocycles. The number of nitrogens with two attached hydrogens (primary N) is 1.